The van der Waals surface area contributed by atoms with Gasteiger partial charge in [0.05, 0.1) is 10.0 Å². The third-order valence-electron chi connectivity index (χ3n) is 1.95. The van der Waals surface area contributed by atoms with Crippen molar-refractivity contribution in [1.29, 1.82) is 0 Å². The first-order chi connectivity index (χ1) is 9.36. The molecular formula is C10H4Cl2F7NO. The molecule has 0 spiro atoms. The van der Waals surface area contributed by atoms with Gasteiger partial charge < -0.3 is 10.5 Å². The molecule has 21 heavy (non-hydrogen) atoms. The van der Waals surface area contributed by atoms with Gasteiger partial charge in [0.2, 0.25) is 5.83 Å². The standard InChI is InChI=1S/C10H4Cl2F7NO/c11-4-1-3(20)2-5(12)6(4)21-10(18,19)8(14)7(13)9(15,16)17/h1-2H,20H2. The summed E-state index contributed by atoms with van der Waals surface area (Å²) in [6, 6.07) is 1.75. The lowest BCUT2D eigenvalue weighted by Crippen LogP contribution is -2.29. The van der Waals surface area contributed by atoms with Gasteiger partial charge in [0.15, 0.2) is 5.75 Å². The molecule has 0 aromatic heterocycles. The van der Waals surface area contributed by atoms with Crippen molar-refractivity contribution in [3.63, 3.8) is 0 Å². The predicted molar refractivity (Wildman–Crippen MR) is 61.7 cm³/mol. The first-order valence-corrected chi connectivity index (χ1v) is 5.56. The molecule has 11 heteroatoms. The van der Waals surface area contributed by atoms with Crippen molar-refractivity contribution in [3.8, 4) is 5.75 Å². The Balaban J connectivity index is 3.23. The highest BCUT2D eigenvalue weighted by atomic mass is 35.5. The topological polar surface area (TPSA) is 35.2 Å². The van der Waals surface area contributed by atoms with E-state index in [9.17, 15) is 30.7 Å². The molecule has 0 saturated carbocycles. The third kappa shape index (κ3) is 4.07. The van der Waals surface area contributed by atoms with Crippen molar-refractivity contribution >= 4 is 28.9 Å². The van der Waals surface area contributed by atoms with E-state index in [0.29, 0.717) is 0 Å². The number of anilines is 1. The van der Waals surface area contributed by atoms with E-state index < -0.39 is 39.7 Å². The Bertz CT molecular complexity index is 562. The van der Waals surface area contributed by atoms with Crippen molar-refractivity contribution in [2.45, 2.75) is 12.3 Å². The fourth-order valence-corrected chi connectivity index (χ4v) is 1.68. The van der Waals surface area contributed by atoms with Crippen molar-refractivity contribution in [2.75, 3.05) is 5.73 Å². The smallest absolute Gasteiger partial charge is 0.424 e. The third-order valence-corrected chi connectivity index (χ3v) is 2.51. The van der Waals surface area contributed by atoms with Crippen molar-refractivity contribution in [2.24, 2.45) is 0 Å². The summed E-state index contributed by atoms with van der Waals surface area (Å²) in [6.07, 6.45) is -11.2. The summed E-state index contributed by atoms with van der Waals surface area (Å²) in [7, 11) is 0. The molecule has 118 valence electrons. The average Bonchev–Trinajstić information content (AvgIpc) is 2.30. The number of benzene rings is 1. The highest BCUT2D eigenvalue weighted by molar-refractivity contribution is 6.37. The van der Waals surface area contributed by atoms with Gasteiger partial charge in [-0.2, -0.15) is 30.7 Å². The zero-order chi connectivity index (χ0) is 16.6. The van der Waals surface area contributed by atoms with Crippen LogP contribution in [-0.4, -0.2) is 12.3 Å². The fourth-order valence-electron chi connectivity index (χ4n) is 1.10. The Morgan fingerprint density at radius 2 is 1.38 bits per heavy atom. The largest absolute Gasteiger partial charge is 0.457 e. The predicted octanol–water partition coefficient (Wildman–Crippen LogP) is 5.26. The zero-order valence-corrected chi connectivity index (χ0v) is 11.1. The maximum absolute atomic E-state index is 13.2. The Labute approximate surface area is 122 Å². The normalized spacial score (nSPS) is 14.0. The summed E-state index contributed by atoms with van der Waals surface area (Å²) < 4.78 is 91.0. The Hall–Kier alpha value is -1.35. The molecule has 1 rings (SSSR count). The van der Waals surface area contributed by atoms with Gasteiger partial charge in [0, 0.05) is 5.69 Å². The van der Waals surface area contributed by atoms with Crippen LogP contribution in [0.4, 0.5) is 36.4 Å². The van der Waals surface area contributed by atoms with Crippen molar-refractivity contribution < 1.29 is 35.5 Å². The second-order valence-electron chi connectivity index (χ2n) is 3.56. The number of alkyl halides is 5. The highest BCUT2D eigenvalue weighted by Crippen LogP contribution is 2.42. The Kier molecular flexibility index (Phi) is 4.89. The van der Waals surface area contributed by atoms with Gasteiger partial charge in [-0.25, -0.2) is 0 Å². The van der Waals surface area contributed by atoms with Crippen LogP contribution in [0.1, 0.15) is 0 Å². The van der Waals surface area contributed by atoms with Crippen LogP contribution in [0.2, 0.25) is 10.0 Å². The molecule has 2 N–H and O–H groups in total. The molecule has 0 aliphatic heterocycles. The number of hydrogen-bond donors (Lipinski definition) is 1. The maximum atomic E-state index is 13.2. The number of nitrogen functional groups attached to an aromatic ring is 1. The lowest BCUT2D eigenvalue weighted by molar-refractivity contribution is -0.169. The van der Waals surface area contributed by atoms with Gasteiger partial charge in [0.25, 0.3) is 5.83 Å². The van der Waals surface area contributed by atoms with Crippen LogP contribution in [0.5, 0.6) is 5.75 Å². The monoisotopic (exact) mass is 357 g/mol. The van der Waals surface area contributed by atoms with Gasteiger partial charge in [0.1, 0.15) is 0 Å². The minimum atomic E-state index is -5.94. The number of ether oxygens (including phenoxy) is 1. The maximum Gasteiger partial charge on any atom is 0.457 e. The fraction of sp³-hybridized carbons (Fsp3) is 0.200. The molecule has 0 saturated heterocycles. The van der Waals surface area contributed by atoms with Gasteiger partial charge in [-0.1, -0.05) is 23.2 Å². The van der Waals surface area contributed by atoms with E-state index in [1.807, 2.05) is 0 Å². The molecule has 0 aliphatic carbocycles. The summed E-state index contributed by atoms with van der Waals surface area (Å²) in [5, 5.41) is -1.25. The highest BCUT2D eigenvalue weighted by Gasteiger charge is 2.49. The number of allylic oxidation sites excluding steroid dienone is 1. The van der Waals surface area contributed by atoms with Gasteiger partial charge >= 0.3 is 12.3 Å². The van der Waals surface area contributed by atoms with Crippen LogP contribution in [0.15, 0.2) is 23.8 Å². The lowest BCUT2D eigenvalue weighted by Gasteiger charge is -2.19. The number of rotatable bonds is 3. The van der Waals surface area contributed by atoms with E-state index in [2.05, 4.69) is 4.74 Å². The van der Waals surface area contributed by atoms with Crippen LogP contribution >= 0.6 is 23.2 Å². The van der Waals surface area contributed by atoms with Crippen LogP contribution in [0, 0.1) is 0 Å². The van der Waals surface area contributed by atoms with Crippen LogP contribution in [-0.2, 0) is 0 Å². The summed E-state index contributed by atoms with van der Waals surface area (Å²) in [5.41, 5.74) is 5.18. The minimum absolute atomic E-state index is 0.0712. The van der Waals surface area contributed by atoms with Gasteiger partial charge in [-0.15, -0.1) is 0 Å². The molecule has 0 fully saturated rings. The molecular weight excluding hydrogens is 354 g/mol. The molecule has 1 aromatic rings. The SMILES string of the molecule is Nc1cc(Cl)c(OC(F)(F)C(F)=C(F)C(F)(F)F)c(Cl)c1. The van der Waals surface area contributed by atoms with E-state index in [0.717, 1.165) is 12.1 Å². The number of hydrogen-bond acceptors (Lipinski definition) is 2. The lowest BCUT2D eigenvalue weighted by atomic mass is 10.3. The minimum Gasteiger partial charge on any atom is -0.424 e. The van der Waals surface area contributed by atoms with Gasteiger partial charge in [-0.3, -0.25) is 0 Å². The van der Waals surface area contributed by atoms with Crippen LogP contribution in [0.25, 0.3) is 0 Å². The molecule has 0 atom stereocenters. The number of nitrogens with two attached hydrogens (primary N) is 1. The van der Waals surface area contributed by atoms with Gasteiger partial charge in [-0.05, 0) is 12.1 Å². The second kappa shape index (κ2) is 5.80. The first-order valence-electron chi connectivity index (χ1n) is 4.80. The van der Waals surface area contributed by atoms with Crippen LogP contribution in [0.3, 0.4) is 0 Å². The molecule has 0 bridgehead atoms. The molecule has 2 nitrogen and oxygen atoms in total. The van der Waals surface area contributed by atoms with E-state index in [-0.39, 0.29) is 5.69 Å². The molecule has 0 unspecified atom stereocenters. The van der Waals surface area contributed by atoms with Crippen molar-refractivity contribution in [1.82, 2.24) is 0 Å². The molecule has 0 heterocycles. The zero-order valence-electron chi connectivity index (χ0n) is 9.54. The van der Waals surface area contributed by atoms with Crippen molar-refractivity contribution in [3.05, 3.63) is 33.8 Å². The van der Waals surface area contributed by atoms with E-state index in [4.69, 9.17) is 28.9 Å². The summed E-state index contributed by atoms with van der Waals surface area (Å²) in [6.45, 7) is 0. The van der Waals surface area contributed by atoms with E-state index in [1.165, 1.54) is 0 Å². The molecule has 0 amide bonds. The Morgan fingerprint density at radius 1 is 0.952 bits per heavy atom. The average molecular weight is 358 g/mol. The molecule has 0 radical (unpaired) electrons. The first kappa shape index (κ1) is 17.7. The molecule has 0 aliphatic rings. The summed E-state index contributed by atoms with van der Waals surface area (Å²) >= 11 is 10.9. The van der Waals surface area contributed by atoms with E-state index in [1.54, 1.807) is 0 Å². The van der Waals surface area contributed by atoms with Crippen LogP contribution < -0.4 is 10.5 Å². The second-order valence-corrected chi connectivity index (χ2v) is 4.37. The molecule has 1 aromatic carbocycles. The number of halogens is 9. The summed E-state index contributed by atoms with van der Waals surface area (Å²) in [5.74, 6) is -8.14. The van der Waals surface area contributed by atoms with E-state index >= 15 is 0 Å². The summed E-state index contributed by atoms with van der Waals surface area (Å²) in [4.78, 5) is 0. The quantitative estimate of drug-likeness (QED) is 0.591. The Morgan fingerprint density at radius 3 is 1.76 bits per heavy atom.